The van der Waals surface area contributed by atoms with Crippen molar-refractivity contribution >= 4 is 23.2 Å². The van der Waals surface area contributed by atoms with Gasteiger partial charge in [-0.3, -0.25) is 9.59 Å². The molecule has 0 aliphatic carbocycles. The van der Waals surface area contributed by atoms with Crippen LogP contribution in [-0.4, -0.2) is 18.4 Å². The van der Waals surface area contributed by atoms with Crippen molar-refractivity contribution in [2.24, 2.45) is 0 Å². The van der Waals surface area contributed by atoms with Crippen LogP contribution in [0.5, 0.6) is 0 Å². The molecule has 1 aliphatic rings. The largest absolute Gasteiger partial charge is 0.322 e. The van der Waals surface area contributed by atoms with E-state index in [1.807, 2.05) is 37.3 Å². The Bertz CT molecular complexity index is 576. The number of hydrogen-bond acceptors (Lipinski definition) is 2. The summed E-state index contributed by atoms with van der Waals surface area (Å²) in [5.41, 5.74) is 1.54. The maximum atomic E-state index is 11.9. The van der Waals surface area contributed by atoms with E-state index in [1.54, 1.807) is 17.1 Å². The average Bonchev–Trinajstić information content (AvgIpc) is 2.48. The first-order valence-corrected chi connectivity index (χ1v) is 7.21. The van der Waals surface area contributed by atoms with Crippen LogP contribution in [0.1, 0.15) is 26.2 Å². The Hall–Kier alpha value is -2.36. The lowest BCUT2D eigenvalue weighted by molar-refractivity contribution is -0.119. The van der Waals surface area contributed by atoms with E-state index >= 15 is 0 Å². The molecule has 0 unspecified atom stereocenters. The third-order valence-corrected chi connectivity index (χ3v) is 3.30. The summed E-state index contributed by atoms with van der Waals surface area (Å²) in [6.07, 6.45) is 9.39. The van der Waals surface area contributed by atoms with Gasteiger partial charge in [-0.2, -0.15) is 0 Å². The number of hydrogen-bond donors (Lipinski definition) is 1. The quantitative estimate of drug-likeness (QED) is 0.681. The monoisotopic (exact) mass is 284 g/mol. The van der Waals surface area contributed by atoms with Gasteiger partial charge in [0.05, 0.1) is 0 Å². The molecule has 110 valence electrons. The SMILES string of the molecule is CC=CC=CC(=O)Nc1cccc(N2CCCCC2=O)c1. The molecular formula is C17H20N2O2. The zero-order chi connectivity index (χ0) is 15.1. The lowest BCUT2D eigenvalue weighted by atomic mass is 10.1. The molecule has 0 radical (unpaired) electrons. The molecule has 4 nitrogen and oxygen atoms in total. The molecule has 1 aromatic carbocycles. The van der Waals surface area contributed by atoms with Gasteiger partial charge in [-0.25, -0.2) is 0 Å². The fraction of sp³-hybridized carbons (Fsp3) is 0.294. The van der Waals surface area contributed by atoms with Crippen molar-refractivity contribution in [2.75, 3.05) is 16.8 Å². The van der Waals surface area contributed by atoms with Gasteiger partial charge in [0.25, 0.3) is 0 Å². The molecule has 21 heavy (non-hydrogen) atoms. The van der Waals surface area contributed by atoms with E-state index in [4.69, 9.17) is 0 Å². The van der Waals surface area contributed by atoms with E-state index in [9.17, 15) is 9.59 Å². The molecule has 1 heterocycles. The normalized spacial score (nSPS) is 15.9. The fourth-order valence-electron chi connectivity index (χ4n) is 2.27. The number of carbonyl (C=O) groups is 2. The van der Waals surface area contributed by atoms with E-state index < -0.39 is 0 Å². The van der Waals surface area contributed by atoms with Gasteiger partial charge in [0.2, 0.25) is 11.8 Å². The Morgan fingerprint density at radius 2 is 2.14 bits per heavy atom. The Labute approximate surface area is 125 Å². The number of rotatable bonds is 4. The summed E-state index contributed by atoms with van der Waals surface area (Å²) in [4.78, 5) is 25.4. The van der Waals surface area contributed by atoms with Gasteiger partial charge in [-0.15, -0.1) is 0 Å². The van der Waals surface area contributed by atoms with E-state index in [0.29, 0.717) is 12.1 Å². The highest BCUT2D eigenvalue weighted by atomic mass is 16.2. The van der Waals surface area contributed by atoms with Crippen LogP contribution in [0.3, 0.4) is 0 Å². The Balaban J connectivity index is 2.07. The number of nitrogens with zero attached hydrogens (tertiary/aromatic N) is 1. The lowest BCUT2D eigenvalue weighted by Crippen LogP contribution is -2.35. The van der Waals surface area contributed by atoms with Crippen molar-refractivity contribution in [3.05, 3.63) is 48.6 Å². The second-order valence-corrected chi connectivity index (χ2v) is 4.93. The van der Waals surface area contributed by atoms with Crippen molar-refractivity contribution in [3.8, 4) is 0 Å². The summed E-state index contributed by atoms with van der Waals surface area (Å²) in [5.74, 6) is -0.0343. The van der Waals surface area contributed by atoms with Crippen LogP contribution < -0.4 is 10.2 Å². The van der Waals surface area contributed by atoms with Crippen LogP contribution in [0.15, 0.2) is 48.6 Å². The second kappa shape index (κ2) is 7.43. The third-order valence-electron chi connectivity index (χ3n) is 3.30. The van der Waals surface area contributed by atoms with E-state index in [0.717, 1.165) is 25.1 Å². The molecule has 0 saturated carbocycles. The maximum absolute atomic E-state index is 11.9. The van der Waals surface area contributed by atoms with Crippen molar-refractivity contribution < 1.29 is 9.59 Å². The highest BCUT2D eigenvalue weighted by molar-refractivity contribution is 6.00. The Morgan fingerprint density at radius 1 is 1.29 bits per heavy atom. The first-order chi connectivity index (χ1) is 10.2. The molecule has 1 fully saturated rings. The third kappa shape index (κ3) is 4.31. The maximum Gasteiger partial charge on any atom is 0.248 e. The summed E-state index contributed by atoms with van der Waals surface area (Å²) < 4.78 is 0. The molecule has 0 aromatic heterocycles. The summed E-state index contributed by atoms with van der Waals surface area (Å²) in [6.45, 7) is 2.64. The predicted molar refractivity (Wildman–Crippen MR) is 85.2 cm³/mol. The zero-order valence-corrected chi connectivity index (χ0v) is 12.2. The van der Waals surface area contributed by atoms with Gasteiger partial charge in [0, 0.05) is 30.4 Å². The molecule has 2 amide bonds. The molecule has 0 spiro atoms. The first-order valence-electron chi connectivity index (χ1n) is 7.21. The van der Waals surface area contributed by atoms with Gasteiger partial charge in [-0.1, -0.05) is 24.3 Å². The van der Waals surface area contributed by atoms with Crippen molar-refractivity contribution in [2.45, 2.75) is 26.2 Å². The van der Waals surface area contributed by atoms with Crippen molar-refractivity contribution in [1.29, 1.82) is 0 Å². The first kappa shape index (κ1) is 15.0. The molecule has 1 aliphatic heterocycles. The minimum absolute atomic E-state index is 0.151. The standard InChI is InChI=1S/C17H20N2O2/c1-2-3-4-10-16(20)18-14-8-7-9-15(13-14)19-12-6-5-11-17(19)21/h2-4,7-10,13H,5-6,11-12H2,1H3,(H,18,20). The molecule has 4 heteroatoms. The number of allylic oxidation sites excluding steroid dienone is 3. The molecule has 2 rings (SSSR count). The van der Waals surface area contributed by atoms with Crippen molar-refractivity contribution in [3.63, 3.8) is 0 Å². The number of amides is 2. The number of anilines is 2. The number of carbonyl (C=O) groups excluding carboxylic acids is 2. The summed E-state index contributed by atoms with van der Waals surface area (Å²) >= 11 is 0. The number of piperidine rings is 1. The average molecular weight is 284 g/mol. The highest BCUT2D eigenvalue weighted by Crippen LogP contribution is 2.23. The predicted octanol–water partition coefficient (Wildman–Crippen LogP) is 3.27. The van der Waals surface area contributed by atoms with E-state index in [-0.39, 0.29) is 11.8 Å². The molecule has 1 saturated heterocycles. The fourth-order valence-corrected chi connectivity index (χ4v) is 2.27. The van der Waals surface area contributed by atoms with Crippen LogP contribution >= 0.6 is 0 Å². The second-order valence-electron chi connectivity index (χ2n) is 4.93. The number of benzene rings is 1. The Morgan fingerprint density at radius 3 is 2.90 bits per heavy atom. The van der Waals surface area contributed by atoms with E-state index in [2.05, 4.69) is 5.32 Å². The van der Waals surface area contributed by atoms with Gasteiger partial charge >= 0.3 is 0 Å². The highest BCUT2D eigenvalue weighted by Gasteiger charge is 2.19. The Kier molecular flexibility index (Phi) is 5.32. The van der Waals surface area contributed by atoms with E-state index in [1.165, 1.54) is 6.08 Å². The van der Waals surface area contributed by atoms with Crippen LogP contribution in [0, 0.1) is 0 Å². The van der Waals surface area contributed by atoms with Crippen LogP contribution in [0.25, 0.3) is 0 Å². The molecule has 1 N–H and O–H groups in total. The lowest BCUT2D eigenvalue weighted by Gasteiger charge is -2.27. The molecule has 0 bridgehead atoms. The van der Waals surface area contributed by atoms with Crippen molar-refractivity contribution in [1.82, 2.24) is 0 Å². The summed E-state index contributed by atoms with van der Waals surface area (Å²) in [5, 5.41) is 2.80. The van der Waals surface area contributed by atoms with Crippen LogP contribution in [-0.2, 0) is 9.59 Å². The minimum atomic E-state index is -0.185. The topological polar surface area (TPSA) is 49.4 Å². The van der Waals surface area contributed by atoms with Gasteiger partial charge < -0.3 is 10.2 Å². The number of nitrogens with one attached hydrogen (secondary N) is 1. The van der Waals surface area contributed by atoms with Gasteiger partial charge in [0.1, 0.15) is 0 Å². The van der Waals surface area contributed by atoms with Crippen LogP contribution in [0.2, 0.25) is 0 Å². The summed E-state index contributed by atoms with van der Waals surface area (Å²) in [6, 6.07) is 7.40. The smallest absolute Gasteiger partial charge is 0.248 e. The molecular weight excluding hydrogens is 264 g/mol. The van der Waals surface area contributed by atoms with Crippen LogP contribution in [0.4, 0.5) is 11.4 Å². The minimum Gasteiger partial charge on any atom is -0.322 e. The summed E-state index contributed by atoms with van der Waals surface area (Å²) in [7, 11) is 0. The molecule has 0 atom stereocenters. The zero-order valence-electron chi connectivity index (χ0n) is 12.2. The molecule has 1 aromatic rings. The van der Waals surface area contributed by atoms with Gasteiger partial charge in [-0.05, 0) is 38.0 Å². The van der Waals surface area contributed by atoms with Gasteiger partial charge in [0.15, 0.2) is 0 Å².